The molecule has 0 fully saturated rings. The molecule has 0 N–H and O–H groups in total. The largest absolute Gasteiger partial charge is 2.00 e. The summed E-state index contributed by atoms with van der Waals surface area (Å²) >= 11 is -0.556. The zero-order valence-electron chi connectivity index (χ0n) is 8.91. The summed E-state index contributed by atoms with van der Waals surface area (Å²) in [5.74, 6) is 0. The van der Waals surface area contributed by atoms with Gasteiger partial charge in [-0.3, -0.25) is 0 Å². The molecule has 0 spiro atoms. The van der Waals surface area contributed by atoms with E-state index in [-0.39, 0.29) is 123 Å². The topological polar surface area (TPSA) is 0 Å². The minimum absolute atomic E-state index is 0. The van der Waals surface area contributed by atoms with Crippen LogP contribution >= 0.6 is 37.1 Å². The van der Waals surface area contributed by atoms with Crippen molar-refractivity contribution < 1.29 is 126 Å². The molecule has 0 heterocycles. The van der Waals surface area contributed by atoms with E-state index in [4.69, 9.17) is 18.6 Å². The zero-order chi connectivity index (χ0) is 6.71. The molecule has 80 valence electrons. The molecular weight excluding hydrogens is 468 g/mol. The van der Waals surface area contributed by atoms with Crippen molar-refractivity contribution in [2.45, 2.75) is 0 Å². The molecule has 0 saturated heterocycles. The van der Waals surface area contributed by atoms with Crippen molar-refractivity contribution >= 4 is 37.1 Å². The van der Waals surface area contributed by atoms with Gasteiger partial charge in [-0.2, -0.15) is 0 Å². The average molecular weight is 484 g/mol. The molecule has 0 amide bonds. The monoisotopic (exact) mass is 484 g/mol. The third-order valence-corrected chi connectivity index (χ3v) is 0. The van der Waals surface area contributed by atoms with Gasteiger partial charge in [0.15, 0.2) is 0 Å². The molecule has 0 aliphatic heterocycles. The van der Waals surface area contributed by atoms with Crippen LogP contribution in [-0.4, -0.2) is 13.3 Å². The van der Waals surface area contributed by atoms with Crippen LogP contribution in [0, 0.1) is 14.9 Å². The molecule has 0 saturated carbocycles. The number of halogens is 2. The maximum Gasteiger partial charge on any atom is 2.00 e. The van der Waals surface area contributed by atoms with Gasteiger partial charge in [-0.25, -0.2) is 0 Å². The fraction of sp³-hybridized carbons (Fsp3) is 0.500. The predicted octanol–water partition coefficient (Wildman–Crippen LogP) is 3.25. The molecule has 0 aromatic rings. The van der Waals surface area contributed by atoms with Crippen LogP contribution in [0.4, 0.5) is 0 Å². The molecule has 0 bridgehead atoms. The maximum atomic E-state index is 4.89. The normalized spacial score (nSPS) is 1.86. The Morgan fingerprint density at radius 3 is 0.714 bits per heavy atom. The van der Waals surface area contributed by atoms with E-state index in [0.29, 0.717) is 0 Å². The van der Waals surface area contributed by atoms with E-state index in [9.17, 15) is 0 Å². The summed E-state index contributed by atoms with van der Waals surface area (Å²) in [6, 6.07) is 0. The van der Waals surface area contributed by atoms with Gasteiger partial charge in [0.2, 0.25) is 0 Å². The van der Waals surface area contributed by atoms with Gasteiger partial charge < -0.3 is 14.9 Å². The SMILES string of the molecule is CP.CP.[CH3-].[CH3-].[Cl][Ti][Cl].[Ti+2].[Ti].[Ti].[Ti].[Ti]. The predicted molar refractivity (Wildman–Crippen MR) is 55.8 cm³/mol. The molecule has 0 aliphatic rings. The molecule has 14 heavy (non-hydrogen) atoms. The van der Waals surface area contributed by atoms with Gasteiger partial charge in [-0.1, -0.05) is 13.3 Å². The summed E-state index contributed by atoms with van der Waals surface area (Å²) in [6.45, 7) is 3.83. The minimum Gasteiger partial charge on any atom is 0 e. The van der Waals surface area contributed by atoms with Gasteiger partial charge in [0.25, 0.3) is 0 Å². The number of rotatable bonds is 0. The first kappa shape index (κ1) is 73.1. The Hall–Kier alpha value is 5.73. The fourth-order valence-corrected chi connectivity index (χ4v) is 0. The summed E-state index contributed by atoms with van der Waals surface area (Å²) in [6.07, 6.45) is 0. The first-order valence-electron chi connectivity index (χ1n) is 1.53. The molecule has 0 aromatic heterocycles. The summed E-state index contributed by atoms with van der Waals surface area (Å²) in [5.41, 5.74) is 0. The minimum atomic E-state index is -0.556. The summed E-state index contributed by atoms with van der Waals surface area (Å²) in [7, 11) is 14.6. The van der Waals surface area contributed by atoms with E-state index < -0.39 is 17.0 Å². The summed E-state index contributed by atoms with van der Waals surface area (Å²) in [5, 5.41) is 0. The van der Waals surface area contributed by atoms with Crippen LogP contribution in [0.1, 0.15) is 0 Å². The number of hydrogen-bond acceptors (Lipinski definition) is 0. The molecule has 0 radical (unpaired) electrons. The molecule has 0 aliphatic carbocycles. The van der Waals surface area contributed by atoms with E-state index >= 15 is 0 Å². The third-order valence-electron chi connectivity index (χ3n) is 0. The van der Waals surface area contributed by atoms with Gasteiger partial charge in [-0.05, 0) is 0 Å². The smallest absolute Gasteiger partial charge is 0 e. The van der Waals surface area contributed by atoms with Crippen molar-refractivity contribution in [1.29, 1.82) is 0 Å². The van der Waals surface area contributed by atoms with Gasteiger partial charge in [-0.15, -0.1) is 18.5 Å². The first-order chi connectivity index (χ1) is 3.41. The molecule has 2 atom stereocenters. The van der Waals surface area contributed by atoms with Crippen LogP contribution < -0.4 is 0 Å². The van der Waals surface area contributed by atoms with Crippen molar-refractivity contribution in [2.24, 2.45) is 0 Å². The standard InChI is InChI=1S/2CH5P.2CH3.2ClH.6Ti/c2*1-2;;;;;;;;;;/h2*2H2,1H3;2*1H3;2*1H;;;;;;/q;;2*-1;;;;;;;2*+2/p-2. The van der Waals surface area contributed by atoms with Crippen LogP contribution in [-0.2, 0) is 126 Å². The van der Waals surface area contributed by atoms with E-state index in [1.54, 1.807) is 0 Å². The number of hydrogen-bond donors (Lipinski definition) is 0. The van der Waals surface area contributed by atoms with Crippen LogP contribution in [0.5, 0.6) is 0 Å². The van der Waals surface area contributed by atoms with E-state index in [1.165, 1.54) is 0 Å². The van der Waals surface area contributed by atoms with Gasteiger partial charge in [0, 0.05) is 86.9 Å². The molecule has 0 rings (SSSR count). The van der Waals surface area contributed by atoms with Crippen LogP contribution in [0.2, 0.25) is 0 Å². The molecule has 2 unspecified atom stereocenters. The molecule has 0 aromatic carbocycles. The van der Waals surface area contributed by atoms with Crippen LogP contribution in [0.15, 0.2) is 0 Å². The Labute approximate surface area is 187 Å². The van der Waals surface area contributed by atoms with Gasteiger partial charge >= 0.3 is 57.4 Å². The Balaban J connectivity index is -0.00000000174. The van der Waals surface area contributed by atoms with Gasteiger partial charge in [0.1, 0.15) is 0 Å². The second-order valence-electron chi connectivity index (χ2n) is 0.0714. The molecule has 0 nitrogen and oxygen atoms in total. The van der Waals surface area contributed by atoms with E-state index in [2.05, 4.69) is 18.5 Å². The zero-order valence-corrected chi connectivity index (χ0v) is 22.1. The summed E-state index contributed by atoms with van der Waals surface area (Å²) in [4.78, 5) is 0. The Morgan fingerprint density at radius 1 is 0.714 bits per heavy atom. The second kappa shape index (κ2) is 130. The quantitative estimate of drug-likeness (QED) is 0.282. The average Bonchev–Trinajstić information content (AvgIpc) is 1.78. The van der Waals surface area contributed by atoms with E-state index in [1.807, 2.05) is 13.3 Å². The Kier molecular flexibility index (Phi) is 679. The van der Waals surface area contributed by atoms with Crippen molar-refractivity contribution in [3.8, 4) is 0 Å². The Bertz CT molecular complexity index is 25.8. The first-order valence-corrected chi connectivity index (χ1v) is 8.14. The third kappa shape index (κ3) is 151. The van der Waals surface area contributed by atoms with Crippen molar-refractivity contribution in [2.75, 3.05) is 13.3 Å². The van der Waals surface area contributed by atoms with Crippen molar-refractivity contribution in [1.82, 2.24) is 0 Å². The van der Waals surface area contributed by atoms with Crippen LogP contribution in [0.25, 0.3) is 0 Å². The van der Waals surface area contributed by atoms with E-state index in [0.717, 1.165) is 0 Å². The van der Waals surface area contributed by atoms with Gasteiger partial charge in [0.05, 0.1) is 0 Å². The second-order valence-corrected chi connectivity index (χ2v) is 2.65. The molecular formula is C4H16Cl2P2Ti6. The van der Waals surface area contributed by atoms with Crippen molar-refractivity contribution in [3.05, 3.63) is 14.9 Å². The van der Waals surface area contributed by atoms with Crippen LogP contribution in [0.3, 0.4) is 0 Å². The fourth-order valence-electron chi connectivity index (χ4n) is 0. The maximum absolute atomic E-state index is 4.89. The Morgan fingerprint density at radius 2 is 0.714 bits per heavy atom. The summed E-state index contributed by atoms with van der Waals surface area (Å²) < 4.78 is 0. The van der Waals surface area contributed by atoms with Crippen molar-refractivity contribution in [3.63, 3.8) is 0 Å². The molecule has 10 heteroatoms.